The van der Waals surface area contributed by atoms with E-state index in [0.29, 0.717) is 11.6 Å². The van der Waals surface area contributed by atoms with Gasteiger partial charge in [-0.2, -0.15) is 5.10 Å². The Kier molecular flexibility index (Phi) is 6.24. The fourth-order valence-electron chi connectivity index (χ4n) is 3.67. The van der Waals surface area contributed by atoms with E-state index in [0.717, 1.165) is 46.7 Å². The minimum absolute atomic E-state index is 0.0708. The molecule has 1 aliphatic carbocycles. The van der Waals surface area contributed by atoms with Gasteiger partial charge >= 0.3 is 5.97 Å². The molecule has 1 aromatic carbocycles. The van der Waals surface area contributed by atoms with Crippen molar-refractivity contribution in [3.63, 3.8) is 0 Å². The van der Waals surface area contributed by atoms with Gasteiger partial charge in [-0.1, -0.05) is 18.2 Å². The van der Waals surface area contributed by atoms with Crippen LogP contribution in [0.3, 0.4) is 0 Å². The molecule has 5 rings (SSSR count). The second kappa shape index (κ2) is 9.50. The van der Waals surface area contributed by atoms with E-state index in [1.165, 1.54) is 0 Å². The Hall–Kier alpha value is -4.11. The number of nitrogens with one attached hydrogen (secondary N) is 1. The first-order valence-electron chi connectivity index (χ1n) is 11.8. The normalized spacial score (nSPS) is 13.4. The van der Waals surface area contributed by atoms with Crippen molar-refractivity contribution in [1.29, 1.82) is 0 Å². The van der Waals surface area contributed by atoms with Crippen molar-refractivity contribution in [3.8, 4) is 28.1 Å². The number of ether oxygens (including phenoxy) is 2. The lowest BCUT2D eigenvalue weighted by Crippen LogP contribution is -2.21. The second-order valence-electron chi connectivity index (χ2n) is 9.31. The number of rotatable bonds is 8. The van der Waals surface area contributed by atoms with E-state index < -0.39 is 5.60 Å². The maximum atomic E-state index is 11.9. The third-order valence-electron chi connectivity index (χ3n) is 6.30. The van der Waals surface area contributed by atoms with E-state index >= 15 is 0 Å². The molecule has 0 bridgehead atoms. The van der Waals surface area contributed by atoms with Gasteiger partial charge in [-0.25, -0.2) is 4.98 Å². The number of benzene rings is 1. The van der Waals surface area contributed by atoms with Crippen molar-refractivity contribution in [3.05, 3.63) is 66.9 Å². The Morgan fingerprint density at radius 3 is 2.44 bits per heavy atom. The highest BCUT2D eigenvalue weighted by atomic mass is 16.5. The van der Waals surface area contributed by atoms with Gasteiger partial charge in [0.15, 0.2) is 0 Å². The number of anilines is 2. The van der Waals surface area contributed by atoms with Crippen LogP contribution in [0, 0.1) is 5.92 Å². The SMILES string of the molecule is COC(C)(C)c1cncc(Nc2c(-c3ccc(-c4ccc(OC(=O)C5CC5)cc4)cn3)cnn2C)n1. The molecule has 0 radical (unpaired) electrons. The Balaban J connectivity index is 1.34. The summed E-state index contributed by atoms with van der Waals surface area (Å²) in [6.07, 6.45) is 8.79. The minimum atomic E-state index is -0.561. The van der Waals surface area contributed by atoms with Crippen LogP contribution in [-0.4, -0.2) is 37.8 Å². The lowest BCUT2D eigenvalue weighted by Gasteiger charge is -2.22. The largest absolute Gasteiger partial charge is 0.426 e. The number of hydrogen-bond acceptors (Lipinski definition) is 8. The van der Waals surface area contributed by atoms with Crippen LogP contribution in [0.25, 0.3) is 22.4 Å². The third-order valence-corrected chi connectivity index (χ3v) is 6.30. The summed E-state index contributed by atoms with van der Waals surface area (Å²) in [6, 6.07) is 11.4. The smallest absolute Gasteiger partial charge is 0.314 e. The number of aryl methyl sites for hydroxylation is 1. The molecule has 1 aliphatic rings. The summed E-state index contributed by atoms with van der Waals surface area (Å²) < 4.78 is 12.7. The molecule has 3 aromatic heterocycles. The van der Waals surface area contributed by atoms with E-state index in [1.807, 2.05) is 63.5 Å². The average Bonchev–Trinajstić information content (AvgIpc) is 3.69. The van der Waals surface area contributed by atoms with Gasteiger partial charge in [0, 0.05) is 25.9 Å². The molecule has 1 N–H and O–H groups in total. The van der Waals surface area contributed by atoms with Gasteiger partial charge in [0.05, 0.1) is 41.5 Å². The number of esters is 1. The highest BCUT2D eigenvalue weighted by Gasteiger charge is 2.31. The number of aromatic nitrogens is 5. The number of nitrogens with zero attached hydrogens (tertiary/aromatic N) is 5. The van der Waals surface area contributed by atoms with Gasteiger partial charge in [0.2, 0.25) is 0 Å². The molecular weight excluding hydrogens is 456 g/mol. The molecule has 0 amide bonds. The predicted molar refractivity (Wildman–Crippen MR) is 136 cm³/mol. The third kappa shape index (κ3) is 4.96. The fraction of sp³-hybridized carbons (Fsp3) is 0.296. The Morgan fingerprint density at radius 2 is 1.78 bits per heavy atom. The number of methoxy groups -OCH3 is 1. The predicted octanol–water partition coefficient (Wildman–Crippen LogP) is 4.88. The van der Waals surface area contributed by atoms with Crippen LogP contribution in [0.1, 0.15) is 32.4 Å². The Morgan fingerprint density at radius 1 is 1.03 bits per heavy atom. The summed E-state index contributed by atoms with van der Waals surface area (Å²) in [4.78, 5) is 25.5. The average molecular weight is 485 g/mol. The molecule has 0 spiro atoms. The highest BCUT2D eigenvalue weighted by molar-refractivity contribution is 5.78. The van der Waals surface area contributed by atoms with Crippen molar-refractivity contribution in [2.24, 2.45) is 13.0 Å². The summed E-state index contributed by atoms with van der Waals surface area (Å²) in [6.45, 7) is 3.88. The van der Waals surface area contributed by atoms with Crippen molar-refractivity contribution in [1.82, 2.24) is 24.7 Å². The van der Waals surface area contributed by atoms with Crippen LogP contribution in [0.2, 0.25) is 0 Å². The maximum Gasteiger partial charge on any atom is 0.314 e. The lowest BCUT2D eigenvalue weighted by atomic mass is 10.1. The van der Waals surface area contributed by atoms with Crippen LogP contribution in [0.5, 0.6) is 5.75 Å². The quantitative estimate of drug-likeness (QED) is 0.279. The zero-order valence-corrected chi connectivity index (χ0v) is 20.7. The molecule has 36 heavy (non-hydrogen) atoms. The lowest BCUT2D eigenvalue weighted by molar-refractivity contribution is -0.135. The Labute approximate surface area is 209 Å². The fourth-order valence-corrected chi connectivity index (χ4v) is 3.67. The molecule has 9 heteroatoms. The van der Waals surface area contributed by atoms with Gasteiger partial charge in [0.25, 0.3) is 0 Å². The van der Waals surface area contributed by atoms with Crippen molar-refractivity contribution < 1.29 is 14.3 Å². The molecule has 4 aromatic rings. The number of hydrogen-bond donors (Lipinski definition) is 1. The van der Waals surface area contributed by atoms with Gasteiger partial charge in [-0.3, -0.25) is 19.4 Å². The molecule has 0 unspecified atom stereocenters. The molecule has 184 valence electrons. The Bertz CT molecular complexity index is 1380. The van der Waals surface area contributed by atoms with Crippen LogP contribution in [-0.2, 0) is 22.2 Å². The van der Waals surface area contributed by atoms with E-state index in [1.54, 1.807) is 30.4 Å². The minimum Gasteiger partial charge on any atom is -0.426 e. The molecular formula is C27H28N6O3. The summed E-state index contributed by atoms with van der Waals surface area (Å²) in [5.41, 5.74) is 3.70. The first-order chi connectivity index (χ1) is 17.3. The zero-order valence-electron chi connectivity index (χ0n) is 20.7. The molecule has 3 heterocycles. The van der Waals surface area contributed by atoms with E-state index in [9.17, 15) is 4.79 Å². The van der Waals surface area contributed by atoms with E-state index in [4.69, 9.17) is 9.47 Å². The molecule has 9 nitrogen and oxygen atoms in total. The molecule has 0 aliphatic heterocycles. The number of pyridine rings is 1. The topological polar surface area (TPSA) is 104 Å². The van der Waals surface area contributed by atoms with Crippen LogP contribution >= 0.6 is 0 Å². The van der Waals surface area contributed by atoms with Crippen LogP contribution in [0.15, 0.2) is 61.2 Å². The van der Waals surface area contributed by atoms with Crippen molar-refractivity contribution >= 4 is 17.6 Å². The summed E-state index contributed by atoms with van der Waals surface area (Å²) in [5.74, 6) is 1.82. The summed E-state index contributed by atoms with van der Waals surface area (Å²) in [7, 11) is 3.50. The van der Waals surface area contributed by atoms with Gasteiger partial charge in [-0.15, -0.1) is 0 Å². The van der Waals surface area contributed by atoms with Crippen LogP contribution < -0.4 is 10.1 Å². The number of carbonyl (C=O) groups excluding carboxylic acids is 1. The van der Waals surface area contributed by atoms with Gasteiger partial charge in [-0.05, 0) is 50.5 Å². The van der Waals surface area contributed by atoms with Gasteiger partial charge < -0.3 is 14.8 Å². The first-order valence-corrected chi connectivity index (χ1v) is 11.8. The standard InChI is InChI=1S/C27H28N6O3/c1-27(2,35-4)23-15-28-16-24(31-23)32-25-21(14-30-33(25)3)22-12-9-19(13-29-22)17-7-10-20(11-8-17)36-26(34)18-5-6-18/h7-16,18H,5-6H2,1-4H3,(H,31,32). The monoisotopic (exact) mass is 484 g/mol. The zero-order chi connectivity index (χ0) is 25.3. The van der Waals surface area contributed by atoms with E-state index in [2.05, 4.69) is 25.4 Å². The highest BCUT2D eigenvalue weighted by Crippen LogP contribution is 2.32. The van der Waals surface area contributed by atoms with E-state index in [-0.39, 0.29) is 11.9 Å². The first kappa shape index (κ1) is 23.6. The van der Waals surface area contributed by atoms with Crippen molar-refractivity contribution in [2.75, 3.05) is 12.4 Å². The molecule has 1 fully saturated rings. The van der Waals surface area contributed by atoms with Crippen LogP contribution in [0.4, 0.5) is 11.6 Å². The maximum absolute atomic E-state index is 11.9. The molecule has 0 atom stereocenters. The summed E-state index contributed by atoms with van der Waals surface area (Å²) in [5, 5.41) is 7.73. The summed E-state index contributed by atoms with van der Waals surface area (Å²) >= 11 is 0. The van der Waals surface area contributed by atoms with Crippen molar-refractivity contribution in [2.45, 2.75) is 32.3 Å². The molecule has 0 saturated heterocycles. The molecule has 1 saturated carbocycles. The second-order valence-corrected chi connectivity index (χ2v) is 9.31. The van der Waals surface area contributed by atoms with Gasteiger partial charge in [0.1, 0.15) is 23.0 Å². The number of carbonyl (C=O) groups is 1.